The summed E-state index contributed by atoms with van der Waals surface area (Å²) in [6, 6.07) is 17.5. The second kappa shape index (κ2) is 9.15. The summed E-state index contributed by atoms with van der Waals surface area (Å²) in [6.07, 6.45) is 1.75. The van der Waals surface area contributed by atoms with Gasteiger partial charge in [-0.15, -0.1) is 0 Å². The fraction of sp³-hybridized carbons (Fsp3) is 0.0952. The zero-order chi connectivity index (χ0) is 19.2. The smallest absolute Gasteiger partial charge is 0.142 e. The molecule has 6 heteroatoms. The van der Waals surface area contributed by atoms with E-state index in [1.807, 2.05) is 36.4 Å². The first-order chi connectivity index (χ1) is 13.0. The standard InChI is InChI=1S/C21H16Br2FNO2/c1-26-19-8-6-18(7-9-19)25-12-15-10-16(22)11-20(23)21(15)27-13-14-2-4-17(24)5-3-14/h2-12H,13H2,1H3. The fourth-order valence-corrected chi connectivity index (χ4v) is 3.75. The van der Waals surface area contributed by atoms with Crippen LogP contribution in [0.5, 0.6) is 11.5 Å². The van der Waals surface area contributed by atoms with Crippen molar-refractivity contribution in [3.63, 3.8) is 0 Å². The van der Waals surface area contributed by atoms with E-state index in [0.717, 1.165) is 31.5 Å². The van der Waals surface area contributed by atoms with Crippen LogP contribution in [0.15, 0.2) is 74.6 Å². The highest BCUT2D eigenvalue weighted by Gasteiger charge is 2.10. The van der Waals surface area contributed by atoms with Gasteiger partial charge in [0.15, 0.2) is 0 Å². The zero-order valence-electron chi connectivity index (χ0n) is 14.5. The quantitative estimate of drug-likeness (QED) is 0.359. The normalized spacial score (nSPS) is 11.0. The summed E-state index contributed by atoms with van der Waals surface area (Å²) in [7, 11) is 1.63. The Labute approximate surface area is 174 Å². The molecule has 0 aromatic heterocycles. The minimum Gasteiger partial charge on any atom is -0.497 e. The number of halogens is 3. The number of hydrogen-bond donors (Lipinski definition) is 0. The van der Waals surface area contributed by atoms with Crippen LogP contribution in [0.25, 0.3) is 0 Å². The van der Waals surface area contributed by atoms with Crippen LogP contribution in [0.1, 0.15) is 11.1 Å². The molecule has 0 amide bonds. The highest BCUT2D eigenvalue weighted by molar-refractivity contribution is 9.11. The van der Waals surface area contributed by atoms with Crippen molar-refractivity contribution in [3.05, 3.63) is 86.6 Å². The van der Waals surface area contributed by atoms with Crippen molar-refractivity contribution in [1.29, 1.82) is 0 Å². The fourth-order valence-electron chi connectivity index (χ4n) is 2.38. The van der Waals surface area contributed by atoms with Gasteiger partial charge in [-0.3, -0.25) is 4.99 Å². The SMILES string of the molecule is COc1ccc(N=Cc2cc(Br)cc(Br)c2OCc2ccc(F)cc2)cc1. The van der Waals surface area contributed by atoms with E-state index in [-0.39, 0.29) is 5.82 Å². The Hall–Kier alpha value is -2.18. The molecule has 0 unspecified atom stereocenters. The minimum atomic E-state index is -0.268. The molecule has 3 rings (SSSR count). The van der Waals surface area contributed by atoms with Gasteiger partial charge >= 0.3 is 0 Å². The molecule has 0 fully saturated rings. The van der Waals surface area contributed by atoms with Gasteiger partial charge in [0.05, 0.1) is 17.3 Å². The maximum atomic E-state index is 13.1. The van der Waals surface area contributed by atoms with Crippen LogP contribution in [-0.4, -0.2) is 13.3 Å². The van der Waals surface area contributed by atoms with Crippen molar-refractivity contribution in [2.45, 2.75) is 6.61 Å². The maximum absolute atomic E-state index is 13.1. The molecule has 0 atom stereocenters. The molecular weight excluding hydrogens is 477 g/mol. The predicted octanol–water partition coefficient (Wildman–Crippen LogP) is 6.69. The van der Waals surface area contributed by atoms with E-state index in [1.165, 1.54) is 12.1 Å². The van der Waals surface area contributed by atoms with Crippen molar-refractivity contribution < 1.29 is 13.9 Å². The van der Waals surface area contributed by atoms with Crippen LogP contribution in [0, 0.1) is 5.82 Å². The molecule has 3 nitrogen and oxygen atoms in total. The van der Waals surface area contributed by atoms with Gasteiger partial charge < -0.3 is 9.47 Å². The molecule has 0 bridgehead atoms. The van der Waals surface area contributed by atoms with Gasteiger partial charge in [-0.2, -0.15) is 0 Å². The first-order valence-corrected chi connectivity index (χ1v) is 9.68. The Balaban J connectivity index is 1.82. The van der Waals surface area contributed by atoms with Crippen molar-refractivity contribution in [1.82, 2.24) is 0 Å². The van der Waals surface area contributed by atoms with Crippen LogP contribution in [0.3, 0.4) is 0 Å². The second-order valence-corrected chi connectivity index (χ2v) is 7.45. The van der Waals surface area contributed by atoms with Gasteiger partial charge in [0.1, 0.15) is 23.9 Å². The summed E-state index contributed by atoms with van der Waals surface area (Å²) < 4.78 is 25.9. The molecule has 0 N–H and O–H groups in total. The highest BCUT2D eigenvalue weighted by Crippen LogP contribution is 2.33. The van der Waals surface area contributed by atoms with Crippen LogP contribution in [0.4, 0.5) is 10.1 Å². The van der Waals surface area contributed by atoms with Crippen LogP contribution < -0.4 is 9.47 Å². The van der Waals surface area contributed by atoms with Gasteiger partial charge in [-0.05, 0) is 70.0 Å². The maximum Gasteiger partial charge on any atom is 0.142 e. The van der Waals surface area contributed by atoms with E-state index in [2.05, 4.69) is 36.9 Å². The summed E-state index contributed by atoms with van der Waals surface area (Å²) in [4.78, 5) is 4.51. The lowest BCUT2D eigenvalue weighted by Crippen LogP contribution is -2.00. The van der Waals surface area contributed by atoms with Gasteiger partial charge in [0, 0.05) is 16.3 Å². The third kappa shape index (κ3) is 5.40. The van der Waals surface area contributed by atoms with E-state index in [1.54, 1.807) is 25.5 Å². The van der Waals surface area contributed by atoms with Gasteiger partial charge in [-0.25, -0.2) is 4.39 Å². The van der Waals surface area contributed by atoms with Crippen molar-refractivity contribution in [3.8, 4) is 11.5 Å². The second-order valence-electron chi connectivity index (χ2n) is 5.68. The molecule has 0 aliphatic heterocycles. The Bertz CT molecular complexity index is 942. The Morgan fingerprint density at radius 2 is 1.70 bits per heavy atom. The lowest BCUT2D eigenvalue weighted by molar-refractivity contribution is 0.303. The zero-order valence-corrected chi connectivity index (χ0v) is 17.6. The number of rotatable bonds is 6. The van der Waals surface area contributed by atoms with E-state index in [4.69, 9.17) is 9.47 Å². The molecule has 0 spiro atoms. The average molecular weight is 493 g/mol. The molecule has 0 saturated heterocycles. The van der Waals surface area contributed by atoms with Gasteiger partial charge in [-0.1, -0.05) is 28.1 Å². The Morgan fingerprint density at radius 3 is 2.37 bits per heavy atom. The number of benzene rings is 3. The first-order valence-electron chi connectivity index (χ1n) is 8.09. The van der Waals surface area contributed by atoms with Crippen LogP contribution in [0.2, 0.25) is 0 Å². The molecule has 0 saturated carbocycles. The van der Waals surface area contributed by atoms with Crippen LogP contribution >= 0.6 is 31.9 Å². The molecule has 3 aromatic rings. The summed E-state index contributed by atoms with van der Waals surface area (Å²) in [6.45, 7) is 0.323. The summed E-state index contributed by atoms with van der Waals surface area (Å²) in [5.74, 6) is 1.18. The van der Waals surface area contributed by atoms with Crippen molar-refractivity contribution in [2.75, 3.05) is 7.11 Å². The number of methoxy groups -OCH3 is 1. The number of nitrogens with zero attached hydrogens (tertiary/aromatic N) is 1. The number of aliphatic imine (C=N–C) groups is 1. The molecule has 27 heavy (non-hydrogen) atoms. The third-order valence-electron chi connectivity index (χ3n) is 3.76. The third-order valence-corrected chi connectivity index (χ3v) is 4.81. The predicted molar refractivity (Wildman–Crippen MR) is 113 cm³/mol. The molecule has 138 valence electrons. The molecular formula is C21H16Br2FNO2. The molecule has 3 aromatic carbocycles. The summed E-state index contributed by atoms with van der Waals surface area (Å²) >= 11 is 7.03. The monoisotopic (exact) mass is 491 g/mol. The van der Waals surface area contributed by atoms with Crippen LogP contribution in [-0.2, 0) is 6.61 Å². The summed E-state index contributed by atoms with van der Waals surface area (Å²) in [5.41, 5.74) is 2.50. The Morgan fingerprint density at radius 1 is 1.00 bits per heavy atom. The summed E-state index contributed by atoms with van der Waals surface area (Å²) in [5, 5.41) is 0. The average Bonchev–Trinajstić information content (AvgIpc) is 2.67. The van der Waals surface area contributed by atoms with Gasteiger partial charge in [0.2, 0.25) is 0 Å². The number of hydrogen-bond acceptors (Lipinski definition) is 3. The lowest BCUT2D eigenvalue weighted by atomic mass is 10.2. The Kier molecular flexibility index (Phi) is 6.63. The number of ether oxygens (including phenoxy) is 2. The molecule has 0 aliphatic rings. The van der Waals surface area contributed by atoms with E-state index >= 15 is 0 Å². The minimum absolute atomic E-state index is 0.268. The highest BCUT2D eigenvalue weighted by atomic mass is 79.9. The largest absolute Gasteiger partial charge is 0.497 e. The van der Waals surface area contributed by atoms with Crippen molar-refractivity contribution >= 4 is 43.8 Å². The molecule has 0 aliphatic carbocycles. The van der Waals surface area contributed by atoms with Gasteiger partial charge in [0.25, 0.3) is 0 Å². The van der Waals surface area contributed by atoms with E-state index in [9.17, 15) is 4.39 Å². The lowest BCUT2D eigenvalue weighted by Gasteiger charge is -2.12. The van der Waals surface area contributed by atoms with E-state index in [0.29, 0.717) is 12.4 Å². The topological polar surface area (TPSA) is 30.8 Å². The molecule has 0 heterocycles. The van der Waals surface area contributed by atoms with Crippen molar-refractivity contribution in [2.24, 2.45) is 4.99 Å². The molecule has 0 radical (unpaired) electrons. The first kappa shape index (κ1) is 19.6. The van der Waals surface area contributed by atoms with E-state index < -0.39 is 0 Å².